The monoisotopic (exact) mass is 767 g/mol. The SMILES string of the molecule is CCOc1cc(C(C)(C)C)ncc1C1=N[C@@](C)(c2ccc(Cl)cc2)[C@@](C)(c2ccc(Cl)cc2)N1C(=O)N1CCC(CC(=O)N(C)c2cccc(C)c2)CC1. The molecule has 2 aliphatic heterocycles. The van der Waals surface area contributed by atoms with E-state index in [2.05, 4.69) is 34.6 Å². The van der Waals surface area contributed by atoms with Crippen LogP contribution in [-0.2, 0) is 21.3 Å². The van der Waals surface area contributed by atoms with Crippen molar-refractivity contribution in [2.45, 2.75) is 84.2 Å². The van der Waals surface area contributed by atoms with Gasteiger partial charge in [-0.1, -0.05) is 80.4 Å². The van der Waals surface area contributed by atoms with E-state index in [1.807, 2.05) is 110 Å². The summed E-state index contributed by atoms with van der Waals surface area (Å²) in [6.45, 7) is 15.9. The number of benzene rings is 3. The van der Waals surface area contributed by atoms with Gasteiger partial charge in [-0.3, -0.25) is 19.7 Å². The van der Waals surface area contributed by atoms with Crippen molar-refractivity contribution in [1.82, 2.24) is 14.8 Å². The minimum atomic E-state index is -1.03. The molecule has 0 unspecified atom stereocenters. The number of carbonyl (C=O) groups is 2. The number of aliphatic imine (C=N–C) groups is 1. The molecule has 0 N–H and O–H groups in total. The van der Waals surface area contributed by atoms with Crippen LogP contribution in [0.5, 0.6) is 5.75 Å². The molecule has 1 aromatic heterocycles. The lowest BCUT2D eigenvalue weighted by molar-refractivity contribution is -0.119. The van der Waals surface area contributed by atoms with E-state index in [4.69, 9.17) is 37.9 Å². The minimum absolute atomic E-state index is 0.0723. The number of likely N-dealkylation sites (tertiary alicyclic amines) is 1. The molecule has 54 heavy (non-hydrogen) atoms. The Morgan fingerprint density at radius 3 is 2.11 bits per heavy atom. The molecular formula is C44H51Cl2N5O3. The molecule has 6 rings (SSSR count). The average Bonchev–Trinajstić information content (AvgIpc) is 3.39. The summed E-state index contributed by atoms with van der Waals surface area (Å²) in [5.74, 6) is 1.32. The van der Waals surface area contributed by atoms with Crippen molar-refractivity contribution in [3.05, 3.63) is 123 Å². The molecule has 3 amide bonds. The fourth-order valence-electron chi connectivity index (χ4n) is 7.69. The van der Waals surface area contributed by atoms with Crippen LogP contribution < -0.4 is 9.64 Å². The maximum atomic E-state index is 15.4. The van der Waals surface area contributed by atoms with Crippen LogP contribution in [0.4, 0.5) is 10.5 Å². The highest BCUT2D eigenvalue weighted by Gasteiger charge is 2.60. The average molecular weight is 769 g/mol. The van der Waals surface area contributed by atoms with Crippen LogP contribution in [0, 0.1) is 12.8 Å². The summed E-state index contributed by atoms with van der Waals surface area (Å²) in [4.78, 5) is 44.7. The Morgan fingerprint density at radius 2 is 1.54 bits per heavy atom. The Bertz CT molecular complexity index is 2040. The third-order valence-corrected chi connectivity index (χ3v) is 11.7. The zero-order valence-corrected chi connectivity index (χ0v) is 34.1. The lowest BCUT2D eigenvalue weighted by atomic mass is 9.71. The van der Waals surface area contributed by atoms with Crippen LogP contribution in [0.2, 0.25) is 10.0 Å². The highest BCUT2D eigenvalue weighted by molar-refractivity contribution is 6.30. The van der Waals surface area contributed by atoms with Crippen molar-refractivity contribution in [2.24, 2.45) is 10.9 Å². The second-order valence-corrected chi connectivity index (χ2v) is 16.8. The molecule has 8 nitrogen and oxygen atoms in total. The number of aromatic nitrogens is 1. The van der Waals surface area contributed by atoms with Crippen LogP contribution in [0.3, 0.4) is 0 Å². The lowest BCUT2D eigenvalue weighted by Crippen LogP contribution is -2.59. The second kappa shape index (κ2) is 15.4. The number of aryl methyl sites for hydroxylation is 1. The van der Waals surface area contributed by atoms with Crippen molar-refractivity contribution in [3.63, 3.8) is 0 Å². The predicted molar refractivity (Wildman–Crippen MR) is 219 cm³/mol. The van der Waals surface area contributed by atoms with Gasteiger partial charge in [-0.25, -0.2) is 4.79 Å². The maximum absolute atomic E-state index is 15.4. The zero-order valence-electron chi connectivity index (χ0n) is 32.6. The van der Waals surface area contributed by atoms with Gasteiger partial charge in [-0.15, -0.1) is 0 Å². The largest absolute Gasteiger partial charge is 0.493 e. The van der Waals surface area contributed by atoms with Crippen molar-refractivity contribution >= 4 is 46.7 Å². The van der Waals surface area contributed by atoms with Crippen molar-refractivity contribution in [3.8, 4) is 5.75 Å². The number of halogens is 2. The van der Waals surface area contributed by atoms with Crippen LogP contribution >= 0.6 is 23.2 Å². The molecule has 0 saturated carbocycles. The third-order valence-electron chi connectivity index (χ3n) is 11.2. The van der Waals surface area contributed by atoms with Gasteiger partial charge in [0.05, 0.1) is 12.2 Å². The van der Waals surface area contributed by atoms with Gasteiger partial charge in [0.2, 0.25) is 5.91 Å². The van der Waals surface area contributed by atoms with E-state index in [1.54, 1.807) is 11.1 Å². The molecule has 3 aromatic carbocycles. The number of piperidine rings is 1. The first-order valence-corrected chi connectivity index (χ1v) is 19.5. The van der Waals surface area contributed by atoms with Crippen LogP contribution in [-0.4, -0.2) is 59.3 Å². The van der Waals surface area contributed by atoms with E-state index in [1.165, 1.54) is 0 Å². The van der Waals surface area contributed by atoms with E-state index >= 15 is 4.79 Å². The molecule has 0 aliphatic carbocycles. The number of nitrogens with zero attached hydrogens (tertiary/aromatic N) is 5. The molecule has 284 valence electrons. The van der Waals surface area contributed by atoms with Gasteiger partial charge in [0.15, 0.2) is 0 Å². The number of amides is 3. The number of ether oxygens (including phenoxy) is 1. The fourth-order valence-corrected chi connectivity index (χ4v) is 7.94. The third kappa shape index (κ3) is 7.47. The van der Waals surface area contributed by atoms with Gasteiger partial charge in [-0.2, -0.15) is 0 Å². The summed E-state index contributed by atoms with van der Waals surface area (Å²) in [7, 11) is 1.83. The highest BCUT2D eigenvalue weighted by atomic mass is 35.5. The Balaban J connectivity index is 1.40. The van der Waals surface area contributed by atoms with Gasteiger partial charge in [0.25, 0.3) is 0 Å². The van der Waals surface area contributed by atoms with E-state index < -0.39 is 11.1 Å². The van der Waals surface area contributed by atoms with Crippen molar-refractivity contribution in [1.29, 1.82) is 0 Å². The van der Waals surface area contributed by atoms with E-state index in [0.717, 1.165) is 28.1 Å². The Hall–Kier alpha value is -4.40. The molecule has 3 heterocycles. The molecule has 2 atom stereocenters. The van der Waals surface area contributed by atoms with E-state index in [9.17, 15) is 4.79 Å². The number of amidine groups is 1. The van der Waals surface area contributed by atoms with Gasteiger partial charge in [0, 0.05) is 65.7 Å². The standard InChI is InChI=1S/C44H51Cl2N5O3/c1-9-54-37-27-38(42(3,4)5)47-28-36(37)40-48-43(6,31-13-17-33(45)18-14-31)44(7,32-15-19-34(46)20-16-32)51(40)41(53)50-23-21-30(22-24-50)26-39(52)49(8)35-12-10-11-29(2)25-35/h10-20,25,27-28,30H,9,21-24,26H2,1-8H3/t43-,44+/m0/s1. The van der Waals surface area contributed by atoms with E-state index in [0.29, 0.717) is 66.2 Å². The molecule has 1 fully saturated rings. The molecule has 4 aromatic rings. The number of urea groups is 1. The number of anilines is 1. The summed E-state index contributed by atoms with van der Waals surface area (Å²) in [6.07, 6.45) is 3.63. The van der Waals surface area contributed by atoms with E-state index in [-0.39, 0.29) is 23.3 Å². The number of hydrogen-bond acceptors (Lipinski definition) is 5. The highest BCUT2D eigenvalue weighted by Crippen LogP contribution is 2.54. The first-order valence-electron chi connectivity index (χ1n) is 18.7. The van der Waals surface area contributed by atoms with Crippen molar-refractivity contribution < 1.29 is 14.3 Å². The Kier molecular flexibility index (Phi) is 11.2. The summed E-state index contributed by atoms with van der Waals surface area (Å²) in [6, 6.07) is 25.1. The normalized spacial score (nSPS) is 20.5. The number of rotatable bonds is 8. The summed E-state index contributed by atoms with van der Waals surface area (Å²) < 4.78 is 6.30. The van der Waals surface area contributed by atoms with Gasteiger partial charge < -0.3 is 14.5 Å². The Morgan fingerprint density at radius 1 is 0.926 bits per heavy atom. The summed E-state index contributed by atoms with van der Waals surface area (Å²) >= 11 is 12.9. The molecule has 0 bridgehead atoms. The Labute approximate surface area is 330 Å². The number of pyridine rings is 1. The molecule has 2 aliphatic rings. The molecule has 1 saturated heterocycles. The van der Waals surface area contributed by atoms with Gasteiger partial charge in [0.1, 0.15) is 22.7 Å². The van der Waals surface area contributed by atoms with Crippen molar-refractivity contribution in [2.75, 3.05) is 31.6 Å². The summed E-state index contributed by atoms with van der Waals surface area (Å²) in [5, 5.41) is 1.20. The van der Waals surface area contributed by atoms with Crippen LogP contribution in [0.1, 0.15) is 88.8 Å². The number of carbonyl (C=O) groups excluding carboxylic acids is 2. The predicted octanol–water partition coefficient (Wildman–Crippen LogP) is 10.2. The van der Waals surface area contributed by atoms with Crippen LogP contribution in [0.25, 0.3) is 0 Å². The zero-order chi connectivity index (χ0) is 39.0. The topological polar surface area (TPSA) is 78.3 Å². The lowest BCUT2D eigenvalue weighted by Gasteiger charge is -2.47. The van der Waals surface area contributed by atoms with Crippen LogP contribution in [0.15, 0.2) is 90.1 Å². The molecular weight excluding hydrogens is 717 g/mol. The summed E-state index contributed by atoms with van der Waals surface area (Å²) in [5.41, 5.74) is 3.02. The quantitative estimate of drug-likeness (QED) is 0.179. The minimum Gasteiger partial charge on any atom is -0.493 e. The first-order chi connectivity index (χ1) is 25.6. The molecule has 10 heteroatoms. The van der Waals surface area contributed by atoms with Gasteiger partial charge in [-0.05, 0) is 99.5 Å². The molecule has 0 spiro atoms. The number of hydrogen-bond donors (Lipinski definition) is 0. The molecule has 0 radical (unpaired) electrons. The smallest absolute Gasteiger partial charge is 0.326 e. The second-order valence-electron chi connectivity index (χ2n) is 15.9. The first kappa shape index (κ1) is 39.3. The fraction of sp³-hybridized carbons (Fsp3) is 0.409. The van der Waals surface area contributed by atoms with Gasteiger partial charge >= 0.3 is 6.03 Å². The maximum Gasteiger partial charge on any atom is 0.326 e.